The Morgan fingerprint density at radius 1 is 1.00 bits per heavy atom. The van der Waals surface area contributed by atoms with E-state index in [1.165, 1.54) is 0 Å². The number of para-hydroxylation sites is 2. The van der Waals surface area contributed by atoms with E-state index < -0.39 is 0 Å². The van der Waals surface area contributed by atoms with Gasteiger partial charge < -0.3 is 20.3 Å². The number of rotatable bonds is 8. The van der Waals surface area contributed by atoms with Crippen LogP contribution in [0.4, 0.5) is 23.0 Å². The molecule has 1 aromatic heterocycles. The zero-order chi connectivity index (χ0) is 20.6. The molecule has 29 heavy (non-hydrogen) atoms. The van der Waals surface area contributed by atoms with Crippen LogP contribution >= 0.6 is 0 Å². The molecule has 0 radical (unpaired) electrons. The third-order valence-corrected chi connectivity index (χ3v) is 4.31. The summed E-state index contributed by atoms with van der Waals surface area (Å²) in [5, 5.41) is 6.40. The van der Waals surface area contributed by atoms with Gasteiger partial charge in [-0.05, 0) is 56.3 Å². The van der Waals surface area contributed by atoms with Crippen LogP contribution in [0.5, 0.6) is 5.75 Å². The Bertz CT molecular complexity index is 929. The molecule has 7 nitrogen and oxygen atoms in total. The molecule has 0 aliphatic rings. The minimum absolute atomic E-state index is 0.0174. The van der Waals surface area contributed by atoms with E-state index in [0.717, 1.165) is 22.8 Å². The summed E-state index contributed by atoms with van der Waals surface area (Å²) in [6.45, 7) is 4.13. The normalized spacial score (nSPS) is 10.5. The van der Waals surface area contributed by atoms with Crippen molar-refractivity contribution < 1.29 is 9.53 Å². The van der Waals surface area contributed by atoms with Gasteiger partial charge in [-0.2, -0.15) is 0 Å². The zero-order valence-corrected chi connectivity index (χ0v) is 16.8. The van der Waals surface area contributed by atoms with E-state index in [-0.39, 0.29) is 18.5 Å². The van der Waals surface area contributed by atoms with E-state index in [4.69, 9.17) is 4.74 Å². The van der Waals surface area contributed by atoms with Crippen molar-refractivity contribution in [1.29, 1.82) is 0 Å². The molecule has 0 unspecified atom stereocenters. The first-order valence-corrected chi connectivity index (χ1v) is 9.41. The molecule has 7 heteroatoms. The van der Waals surface area contributed by atoms with Crippen LogP contribution in [0.25, 0.3) is 0 Å². The number of hydrogen-bond acceptors (Lipinski definition) is 6. The van der Waals surface area contributed by atoms with Gasteiger partial charge in [-0.15, -0.1) is 0 Å². The molecule has 2 aromatic carbocycles. The number of ether oxygens (including phenoxy) is 1. The summed E-state index contributed by atoms with van der Waals surface area (Å²) in [7, 11) is 1.62. The fourth-order valence-electron chi connectivity index (χ4n) is 2.96. The maximum atomic E-state index is 13.0. The summed E-state index contributed by atoms with van der Waals surface area (Å²) in [6.07, 6.45) is 3.34. The van der Waals surface area contributed by atoms with Crippen molar-refractivity contribution in [3.05, 3.63) is 67.0 Å². The number of benzene rings is 2. The number of carbonyl (C=O) groups excluding carboxylic acids is 1. The fraction of sp³-hybridized carbons (Fsp3) is 0.227. The van der Waals surface area contributed by atoms with Crippen LogP contribution in [-0.4, -0.2) is 35.6 Å². The number of nitrogens with zero attached hydrogens (tertiary/aromatic N) is 3. The number of nitrogens with one attached hydrogen (secondary N) is 2. The molecule has 0 saturated heterocycles. The van der Waals surface area contributed by atoms with Gasteiger partial charge in [-0.25, -0.2) is 9.97 Å². The highest BCUT2D eigenvalue weighted by Gasteiger charge is 2.19. The Balaban J connectivity index is 1.71. The van der Waals surface area contributed by atoms with E-state index >= 15 is 0 Å². The molecule has 0 atom stereocenters. The minimum atomic E-state index is -0.0315. The second-order valence-corrected chi connectivity index (χ2v) is 6.65. The minimum Gasteiger partial charge on any atom is -0.497 e. The molecule has 0 aliphatic heterocycles. The van der Waals surface area contributed by atoms with E-state index in [1.807, 2.05) is 62.4 Å². The number of anilines is 4. The van der Waals surface area contributed by atoms with Gasteiger partial charge in [0, 0.05) is 24.1 Å². The summed E-state index contributed by atoms with van der Waals surface area (Å²) in [6, 6.07) is 16.9. The molecule has 1 heterocycles. The Morgan fingerprint density at radius 3 is 2.28 bits per heavy atom. The fourth-order valence-corrected chi connectivity index (χ4v) is 2.96. The van der Waals surface area contributed by atoms with Crippen LogP contribution in [0.1, 0.15) is 13.8 Å². The van der Waals surface area contributed by atoms with E-state index in [0.29, 0.717) is 5.95 Å². The molecule has 0 aliphatic carbocycles. The number of carbonyl (C=O) groups is 1. The van der Waals surface area contributed by atoms with Crippen molar-refractivity contribution in [3.8, 4) is 5.75 Å². The van der Waals surface area contributed by atoms with E-state index in [1.54, 1.807) is 30.5 Å². The van der Waals surface area contributed by atoms with Crippen molar-refractivity contribution in [2.75, 3.05) is 29.2 Å². The van der Waals surface area contributed by atoms with Gasteiger partial charge in [0.25, 0.3) is 0 Å². The molecule has 0 spiro atoms. The second kappa shape index (κ2) is 9.54. The molecule has 0 bridgehead atoms. The van der Waals surface area contributed by atoms with Gasteiger partial charge in [0.1, 0.15) is 5.75 Å². The first-order chi connectivity index (χ1) is 14.1. The Kier molecular flexibility index (Phi) is 6.63. The largest absolute Gasteiger partial charge is 0.497 e. The third kappa shape index (κ3) is 5.22. The van der Waals surface area contributed by atoms with E-state index in [2.05, 4.69) is 20.6 Å². The van der Waals surface area contributed by atoms with Crippen LogP contribution in [0, 0.1) is 0 Å². The molecule has 3 rings (SSSR count). The van der Waals surface area contributed by atoms with Crippen LogP contribution in [-0.2, 0) is 4.79 Å². The van der Waals surface area contributed by atoms with E-state index in [9.17, 15) is 4.79 Å². The number of aromatic nitrogens is 2. The van der Waals surface area contributed by atoms with Gasteiger partial charge in [-0.3, -0.25) is 4.79 Å². The Morgan fingerprint density at radius 2 is 1.66 bits per heavy atom. The second-order valence-electron chi connectivity index (χ2n) is 6.65. The van der Waals surface area contributed by atoms with Gasteiger partial charge in [-0.1, -0.05) is 12.1 Å². The lowest BCUT2D eigenvalue weighted by Gasteiger charge is -2.27. The van der Waals surface area contributed by atoms with Crippen LogP contribution in [0.15, 0.2) is 67.0 Å². The predicted molar refractivity (Wildman–Crippen MR) is 116 cm³/mol. The zero-order valence-electron chi connectivity index (χ0n) is 16.8. The number of hydrogen-bond donors (Lipinski definition) is 2. The SMILES string of the molecule is COc1ccc(N(C(=O)CNc2ccccc2Nc2ncccn2)C(C)C)cc1. The molecule has 2 N–H and O–H groups in total. The molecule has 150 valence electrons. The molecule has 3 aromatic rings. The molecular weight excluding hydrogens is 366 g/mol. The van der Waals surface area contributed by atoms with Gasteiger partial charge >= 0.3 is 0 Å². The van der Waals surface area contributed by atoms with Crippen molar-refractivity contribution in [2.45, 2.75) is 19.9 Å². The van der Waals surface area contributed by atoms with Crippen molar-refractivity contribution in [3.63, 3.8) is 0 Å². The van der Waals surface area contributed by atoms with Crippen molar-refractivity contribution in [1.82, 2.24) is 9.97 Å². The molecule has 0 fully saturated rings. The van der Waals surface area contributed by atoms with Crippen LogP contribution in [0.2, 0.25) is 0 Å². The summed E-state index contributed by atoms with van der Waals surface area (Å²) in [5.41, 5.74) is 2.43. The lowest BCUT2D eigenvalue weighted by Crippen LogP contribution is -2.40. The maximum absolute atomic E-state index is 13.0. The predicted octanol–water partition coefficient (Wildman–Crippen LogP) is 4.08. The summed E-state index contributed by atoms with van der Waals surface area (Å²) < 4.78 is 5.20. The molecule has 1 amide bonds. The highest BCUT2D eigenvalue weighted by Crippen LogP contribution is 2.24. The number of amides is 1. The van der Waals surface area contributed by atoms with Crippen LogP contribution < -0.4 is 20.3 Å². The first kappa shape index (κ1) is 20.1. The summed E-state index contributed by atoms with van der Waals surface area (Å²) in [5.74, 6) is 1.22. The van der Waals surface area contributed by atoms with Crippen molar-refractivity contribution in [2.24, 2.45) is 0 Å². The Hall–Kier alpha value is -3.61. The summed E-state index contributed by atoms with van der Waals surface area (Å²) >= 11 is 0. The molecule has 0 saturated carbocycles. The third-order valence-electron chi connectivity index (χ3n) is 4.31. The lowest BCUT2D eigenvalue weighted by atomic mass is 10.2. The lowest BCUT2D eigenvalue weighted by molar-refractivity contribution is -0.117. The maximum Gasteiger partial charge on any atom is 0.246 e. The highest BCUT2D eigenvalue weighted by molar-refractivity contribution is 5.97. The first-order valence-electron chi connectivity index (χ1n) is 9.41. The molecular formula is C22H25N5O2. The topological polar surface area (TPSA) is 79.4 Å². The number of methoxy groups -OCH3 is 1. The van der Waals surface area contributed by atoms with Crippen molar-refractivity contribution >= 4 is 28.9 Å². The van der Waals surface area contributed by atoms with Gasteiger partial charge in [0.05, 0.1) is 25.0 Å². The quantitative estimate of drug-likeness (QED) is 0.602. The van der Waals surface area contributed by atoms with Gasteiger partial charge in [0.2, 0.25) is 11.9 Å². The standard InChI is InChI=1S/C22H25N5O2/c1-16(2)27(17-9-11-18(29-3)12-10-17)21(28)15-25-19-7-4-5-8-20(19)26-22-23-13-6-14-24-22/h4-14,16,25H,15H2,1-3H3,(H,23,24,26). The Labute approximate surface area is 170 Å². The van der Waals surface area contributed by atoms with Crippen LogP contribution in [0.3, 0.4) is 0 Å². The average molecular weight is 391 g/mol. The summed E-state index contributed by atoms with van der Waals surface area (Å²) in [4.78, 5) is 23.1. The average Bonchev–Trinajstić information content (AvgIpc) is 2.74. The monoisotopic (exact) mass is 391 g/mol. The smallest absolute Gasteiger partial charge is 0.246 e. The highest BCUT2D eigenvalue weighted by atomic mass is 16.5. The van der Waals surface area contributed by atoms with Gasteiger partial charge in [0.15, 0.2) is 0 Å².